The van der Waals surface area contributed by atoms with Crippen LogP contribution in [0.3, 0.4) is 0 Å². The third-order valence-corrected chi connectivity index (χ3v) is 5.67. The van der Waals surface area contributed by atoms with Crippen molar-refractivity contribution in [3.8, 4) is 11.8 Å². The topological polar surface area (TPSA) is 114 Å². The van der Waals surface area contributed by atoms with Crippen LogP contribution in [0.1, 0.15) is 38.7 Å². The summed E-state index contributed by atoms with van der Waals surface area (Å²) in [4.78, 5) is 34.9. The monoisotopic (exact) mass is 447 g/mol. The molecule has 3 heterocycles. The molecule has 2 fully saturated rings. The van der Waals surface area contributed by atoms with Crippen molar-refractivity contribution in [3.63, 3.8) is 0 Å². The SMILES string of the molecule is CCN(CC)c1cccc(Oc2nc(NC3CC3)n3ncc(/C=C4\CC(=O)NC4=O)c3n2)c1. The van der Waals surface area contributed by atoms with Crippen LogP contribution < -0.4 is 20.3 Å². The Balaban J connectivity index is 1.52. The van der Waals surface area contributed by atoms with E-state index >= 15 is 0 Å². The average Bonchev–Trinajstić information content (AvgIpc) is 3.43. The predicted octanol–water partition coefficient (Wildman–Crippen LogP) is 2.77. The molecule has 2 amide bonds. The van der Waals surface area contributed by atoms with Crippen molar-refractivity contribution in [1.29, 1.82) is 0 Å². The third kappa shape index (κ3) is 4.36. The summed E-state index contributed by atoms with van der Waals surface area (Å²) < 4.78 is 7.65. The summed E-state index contributed by atoms with van der Waals surface area (Å²) in [5.41, 5.74) is 2.53. The number of aromatic nitrogens is 4. The van der Waals surface area contributed by atoms with Crippen molar-refractivity contribution in [2.75, 3.05) is 23.3 Å². The van der Waals surface area contributed by atoms with Gasteiger partial charge in [0.25, 0.3) is 5.91 Å². The number of rotatable bonds is 8. The highest BCUT2D eigenvalue weighted by Gasteiger charge is 2.26. The lowest BCUT2D eigenvalue weighted by molar-refractivity contribution is -0.124. The molecule has 2 aromatic heterocycles. The van der Waals surface area contributed by atoms with Crippen molar-refractivity contribution in [2.24, 2.45) is 0 Å². The van der Waals surface area contributed by atoms with Crippen LogP contribution in [0.25, 0.3) is 11.7 Å². The molecular formula is C23H25N7O3. The zero-order valence-corrected chi connectivity index (χ0v) is 18.5. The first-order valence-electron chi connectivity index (χ1n) is 11.1. The van der Waals surface area contributed by atoms with Crippen molar-refractivity contribution in [2.45, 2.75) is 39.2 Å². The van der Waals surface area contributed by atoms with Crippen LogP contribution in [-0.2, 0) is 9.59 Å². The van der Waals surface area contributed by atoms with E-state index in [1.54, 1.807) is 16.8 Å². The Morgan fingerprint density at radius 3 is 2.76 bits per heavy atom. The molecule has 0 unspecified atom stereocenters. The number of anilines is 2. The Bertz CT molecular complexity index is 1260. The normalized spacial score (nSPS) is 17.0. The van der Waals surface area contributed by atoms with Crippen LogP contribution in [0.15, 0.2) is 36.0 Å². The molecule has 1 saturated heterocycles. The van der Waals surface area contributed by atoms with E-state index in [2.05, 4.69) is 44.4 Å². The molecule has 170 valence electrons. The van der Waals surface area contributed by atoms with Gasteiger partial charge >= 0.3 is 6.01 Å². The molecule has 1 aromatic carbocycles. The number of carbonyl (C=O) groups is 2. The second-order valence-electron chi connectivity index (χ2n) is 8.08. The highest BCUT2D eigenvalue weighted by Crippen LogP contribution is 2.29. The van der Waals surface area contributed by atoms with E-state index in [0.717, 1.165) is 31.6 Å². The van der Waals surface area contributed by atoms with E-state index in [0.29, 0.717) is 34.5 Å². The number of fused-ring (bicyclic) bond motifs is 1. The molecule has 0 atom stereocenters. The van der Waals surface area contributed by atoms with Crippen LogP contribution in [0.2, 0.25) is 0 Å². The van der Waals surface area contributed by atoms with Crippen molar-refractivity contribution in [3.05, 3.63) is 41.6 Å². The highest BCUT2D eigenvalue weighted by atomic mass is 16.5. The minimum atomic E-state index is -0.394. The van der Waals surface area contributed by atoms with Gasteiger partial charge in [0.1, 0.15) is 5.75 Å². The summed E-state index contributed by atoms with van der Waals surface area (Å²) >= 11 is 0. The van der Waals surface area contributed by atoms with Gasteiger partial charge in [0.2, 0.25) is 11.9 Å². The smallest absolute Gasteiger partial charge is 0.327 e. The zero-order valence-electron chi connectivity index (χ0n) is 18.5. The van der Waals surface area contributed by atoms with E-state index in [1.165, 1.54) is 0 Å². The molecular weight excluding hydrogens is 422 g/mol. The quantitative estimate of drug-likeness (QED) is 0.400. The summed E-state index contributed by atoms with van der Waals surface area (Å²) in [5.74, 6) is 0.440. The molecule has 0 radical (unpaired) electrons. The lowest BCUT2D eigenvalue weighted by Gasteiger charge is -2.21. The molecule has 5 rings (SSSR count). The fourth-order valence-corrected chi connectivity index (χ4v) is 3.77. The summed E-state index contributed by atoms with van der Waals surface area (Å²) in [6, 6.07) is 8.32. The molecule has 1 aliphatic heterocycles. The van der Waals surface area contributed by atoms with Crippen molar-refractivity contribution >= 4 is 35.2 Å². The molecule has 2 aliphatic rings. The number of hydrogen-bond donors (Lipinski definition) is 2. The highest BCUT2D eigenvalue weighted by molar-refractivity contribution is 6.15. The standard InChI is InChI=1S/C23H25N7O3/c1-3-29(4-2)17-6-5-7-18(12-17)33-23-27-20-15(10-14-11-19(31)26-21(14)32)13-24-30(20)22(28-23)25-16-8-9-16/h5-7,10,12-13,16H,3-4,8-9,11H2,1-2H3,(H,25,27,28)(H,26,31,32)/b14-10+. The molecule has 10 nitrogen and oxygen atoms in total. The number of ether oxygens (including phenoxy) is 1. The zero-order chi connectivity index (χ0) is 22.9. The predicted molar refractivity (Wildman–Crippen MR) is 123 cm³/mol. The Hall–Kier alpha value is -3.95. The van der Waals surface area contributed by atoms with Gasteiger partial charge in [0, 0.05) is 42.0 Å². The fourth-order valence-electron chi connectivity index (χ4n) is 3.77. The molecule has 1 saturated carbocycles. The van der Waals surface area contributed by atoms with Crippen molar-refractivity contribution < 1.29 is 14.3 Å². The van der Waals surface area contributed by atoms with Crippen LogP contribution in [0, 0.1) is 0 Å². The summed E-state index contributed by atoms with van der Waals surface area (Å²) in [6.45, 7) is 6.00. The van der Waals surface area contributed by atoms with Gasteiger partial charge < -0.3 is 15.0 Å². The van der Waals surface area contributed by atoms with Gasteiger partial charge in [-0.2, -0.15) is 19.6 Å². The summed E-state index contributed by atoms with van der Waals surface area (Å²) in [7, 11) is 0. The van der Waals surface area contributed by atoms with Gasteiger partial charge in [-0.25, -0.2) is 0 Å². The van der Waals surface area contributed by atoms with Gasteiger partial charge in [-0.05, 0) is 44.9 Å². The maximum Gasteiger partial charge on any atom is 0.327 e. The third-order valence-electron chi connectivity index (χ3n) is 5.67. The first-order chi connectivity index (χ1) is 16.0. The van der Waals surface area contributed by atoms with Crippen LogP contribution >= 0.6 is 0 Å². The molecule has 3 aromatic rings. The second kappa shape index (κ2) is 8.53. The van der Waals surface area contributed by atoms with E-state index in [4.69, 9.17) is 4.74 Å². The number of nitrogens with zero attached hydrogens (tertiary/aromatic N) is 5. The number of carbonyl (C=O) groups excluding carboxylic acids is 2. The largest absolute Gasteiger partial charge is 0.424 e. The van der Waals surface area contributed by atoms with Gasteiger partial charge in [-0.3, -0.25) is 14.9 Å². The Morgan fingerprint density at radius 2 is 2.06 bits per heavy atom. The van der Waals surface area contributed by atoms with Gasteiger partial charge in [0.05, 0.1) is 12.6 Å². The Labute approximate surface area is 190 Å². The lowest BCUT2D eigenvalue weighted by Crippen LogP contribution is -2.21. The molecule has 0 spiro atoms. The van der Waals surface area contributed by atoms with Crippen LogP contribution in [-0.4, -0.2) is 50.5 Å². The number of benzene rings is 1. The van der Waals surface area contributed by atoms with Gasteiger partial charge in [-0.15, -0.1) is 0 Å². The Morgan fingerprint density at radius 1 is 1.24 bits per heavy atom. The minimum Gasteiger partial charge on any atom is -0.424 e. The van der Waals surface area contributed by atoms with Gasteiger partial charge in [0.15, 0.2) is 5.65 Å². The molecule has 2 N–H and O–H groups in total. The maximum absolute atomic E-state index is 12.0. The Kier molecular flexibility index (Phi) is 5.41. The minimum absolute atomic E-state index is 0.0376. The van der Waals surface area contributed by atoms with Crippen LogP contribution in [0.5, 0.6) is 11.8 Å². The van der Waals surface area contributed by atoms with Crippen LogP contribution in [0.4, 0.5) is 11.6 Å². The fraction of sp³-hybridized carbons (Fsp3) is 0.348. The number of hydrogen-bond acceptors (Lipinski definition) is 8. The second-order valence-corrected chi connectivity index (χ2v) is 8.08. The number of imide groups is 1. The lowest BCUT2D eigenvalue weighted by atomic mass is 10.1. The summed E-state index contributed by atoms with van der Waals surface area (Å²) in [5, 5.41) is 10.1. The number of nitrogens with one attached hydrogen (secondary N) is 2. The van der Waals surface area contributed by atoms with E-state index in [1.807, 2.05) is 24.3 Å². The van der Waals surface area contributed by atoms with Gasteiger partial charge in [-0.1, -0.05) is 6.07 Å². The summed E-state index contributed by atoms with van der Waals surface area (Å²) in [6.07, 6.45) is 5.41. The first-order valence-corrected chi connectivity index (χ1v) is 11.1. The average molecular weight is 447 g/mol. The maximum atomic E-state index is 12.0. The molecule has 0 bridgehead atoms. The number of amides is 2. The van der Waals surface area contributed by atoms with E-state index in [-0.39, 0.29) is 18.3 Å². The van der Waals surface area contributed by atoms with Crippen molar-refractivity contribution in [1.82, 2.24) is 24.9 Å². The van der Waals surface area contributed by atoms with E-state index < -0.39 is 5.91 Å². The van der Waals surface area contributed by atoms with E-state index in [9.17, 15) is 9.59 Å². The molecule has 10 heteroatoms. The molecule has 1 aliphatic carbocycles. The molecule has 33 heavy (non-hydrogen) atoms. The first kappa shape index (κ1) is 20.9.